The Labute approximate surface area is 128 Å². The molecule has 0 fully saturated rings. The molecule has 0 heterocycles. The van der Waals surface area contributed by atoms with Gasteiger partial charge in [0.2, 0.25) is 0 Å². The van der Waals surface area contributed by atoms with E-state index in [1.54, 1.807) is 12.1 Å². The quantitative estimate of drug-likeness (QED) is 0.906. The Morgan fingerprint density at radius 3 is 2.15 bits per heavy atom. The lowest BCUT2D eigenvalue weighted by molar-refractivity contribution is 0.601. The fourth-order valence-corrected chi connectivity index (χ4v) is 4.14. The van der Waals surface area contributed by atoms with E-state index in [1.165, 1.54) is 12.1 Å². The third-order valence-corrected chi connectivity index (χ3v) is 5.13. The van der Waals surface area contributed by atoms with E-state index in [4.69, 9.17) is 23.2 Å². The monoisotopic (exact) mass is 329 g/mol. The summed E-state index contributed by atoms with van der Waals surface area (Å²) in [5.41, 5.74) is 2.39. The third-order valence-electron chi connectivity index (χ3n) is 2.81. The van der Waals surface area contributed by atoms with Gasteiger partial charge in [-0.15, -0.1) is 0 Å². The highest BCUT2D eigenvalue weighted by molar-refractivity contribution is 7.93. The first-order chi connectivity index (χ1) is 9.31. The standard InChI is InChI=1S/C14H13Cl2NO2S/c1-9-6-7-13(10(2)8-9)17-20(18,19)14-11(15)4-3-5-12(14)16/h3-8,17H,1-2H3. The summed E-state index contributed by atoms with van der Waals surface area (Å²) in [6.45, 7) is 3.77. The van der Waals surface area contributed by atoms with Crippen LogP contribution in [0.3, 0.4) is 0 Å². The molecule has 0 bridgehead atoms. The van der Waals surface area contributed by atoms with Gasteiger partial charge in [-0.25, -0.2) is 8.42 Å². The lowest BCUT2D eigenvalue weighted by Crippen LogP contribution is -2.14. The summed E-state index contributed by atoms with van der Waals surface area (Å²) in [4.78, 5) is -0.108. The van der Waals surface area contributed by atoms with Crippen LogP contribution in [0.5, 0.6) is 0 Å². The summed E-state index contributed by atoms with van der Waals surface area (Å²) in [6, 6.07) is 10.0. The number of anilines is 1. The molecule has 0 aromatic heterocycles. The first-order valence-electron chi connectivity index (χ1n) is 5.85. The Bertz CT molecular complexity index is 738. The van der Waals surface area contributed by atoms with Gasteiger partial charge in [-0.3, -0.25) is 4.72 Å². The summed E-state index contributed by atoms with van der Waals surface area (Å²) in [7, 11) is -3.82. The second-order valence-corrected chi connectivity index (χ2v) is 6.91. The molecule has 3 nitrogen and oxygen atoms in total. The van der Waals surface area contributed by atoms with Crippen molar-refractivity contribution in [3.05, 3.63) is 57.6 Å². The van der Waals surface area contributed by atoms with E-state index in [1.807, 2.05) is 26.0 Å². The summed E-state index contributed by atoms with van der Waals surface area (Å²) >= 11 is 11.9. The number of halogens is 2. The molecule has 0 saturated carbocycles. The van der Waals surface area contributed by atoms with Crippen molar-refractivity contribution in [1.82, 2.24) is 0 Å². The van der Waals surface area contributed by atoms with Crippen molar-refractivity contribution in [2.24, 2.45) is 0 Å². The van der Waals surface area contributed by atoms with Crippen molar-refractivity contribution < 1.29 is 8.42 Å². The average molecular weight is 330 g/mol. The number of nitrogens with one attached hydrogen (secondary N) is 1. The topological polar surface area (TPSA) is 46.2 Å². The van der Waals surface area contributed by atoms with Gasteiger partial charge in [0.1, 0.15) is 4.90 Å². The largest absolute Gasteiger partial charge is 0.279 e. The highest BCUT2D eigenvalue weighted by Crippen LogP contribution is 2.31. The maximum atomic E-state index is 12.4. The number of hydrogen-bond donors (Lipinski definition) is 1. The zero-order valence-corrected chi connectivity index (χ0v) is 13.3. The number of benzene rings is 2. The molecule has 0 atom stereocenters. The second-order valence-electron chi connectivity index (χ2n) is 4.47. The molecular formula is C14H13Cl2NO2S. The number of rotatable bonds is 3. The molecule has 20 heavy (non-hydrogen) atoms. The molecule has 2 rings (SSSR count). The van der Waals surface area contributed by atoms with Gasteiger partial charge in [-0.2, -0.15) is 0 Å². The van der Waals surface area contributed by atoms with Crippen molar-refractivity contribution in [3.63, 3.8) is 0 Å². The van der Waals surface area contributed by atoms with E-state index in [2.05, 4.69) is 4.72 Å². The fraction of sp³-hybridized carbons (Fsp3) is 0.143. The van der Waals surface area contributed by atoms with Crippen LogP contribution in [0, 0.1) is 13.8 Å². The van der Waals surface area contributed by atoms with Crippen molar-refractivity contribution in [1.29, 1.82) is 0 Å². The molecule has 106 valence electrons. The van der Waals surface area contributed by atoms with Crippen molar-refractivity contribution in [3.8, 4) is 0 Å². The first kappa shape index (κ1) is 15.2. The molecule has 2 aromatic rings. The molecule has 0 aliphatic rings. The van der Waals surface area contributed by atoms with Crippen LogP contribution in [-0.2, 0) is 10.0 Å². The van der Waals surface area contributed by atoms with E-state index < -0.39 is 10.0 Å². The third kappa shape index (κ3) is 3.08. The lowest BCUT2D eigenvalue weighted by Gasteiger charge is -2.13. The summed E-state index contributed by atoms with van der Waals surface area (Å²) in [6.07, 6.45) is 0. The first-order valence-corrected chi connectivity index (χ1v) is 8.09. The number of sulfonamides is 1. The molecule has 2 aromatic carbocycles. The Kier molecular flexibility index (Phi) is 4.28. The predicted molar refractivity (Wildman–Crippen MR) is 83.2 cm³/mol. The summed E-state index contributed by atoms with van der Waals surface area (Å²) in [5, 5.41) is 0.185. The maximum Gasteiger partial charge on any atom is 0.264 e. The van der Waals surface area contributed by atoms with Crippen LogP contribution in [0.15, 0.2) is 41.3 Å². The Morgan fingerprint density at radius 2 is 1.60 bits per heavy atom. The Morgan fingerprint density at radius 1 is 1.00 bits per heavy atom. The summed E-state index contributed by atoms with van der Waals surface area (Å²) in [5.74, 6) is 0. The minimum Gasteiger partial charge on any atom is -0.279 e. The van der Waals surface area contributed by atoms with Crippen LogP contribution in [0.25, 0.3) is 0 Å². The van der Waals surface area contributed by atoms with E-state index in [0.29, 0.717) is 5.69 Å². The molecule has 0 spiro atoms. The second kappa shape index (κ2) is 5.64. The smallest absolute Gasteiger partial charge is 0.264 e. The van der Waals surface area contributed by atoms with E-state index >= 15 is 0 Å². The van der Waals surface area contributed by atoms with Crippen LogP contribution >= 0.6 is 23.2 Å². The zero-order valence-electron chi connectivity index (χ0n) is 10.9. The van der Waals surface area contributed by atoms with Gasteiger partial charge < -0.3 is 0 Å². The molecule has 0 radical (unpaired) electrons. The van der Waals surface area contributed by atoms with Crippen LogP contribution in [-0.4, -0.2) is 8.42 Å². The van der Waals surface area contributed by atoms with Crippen LogP contribution in [0.1, 0.15) is 11.1 Å². The molecule has 0 unspecified atom stereocenters. The zero-order chi connectivity index (χ0) is 14.9. The van der Waals surface area contributed by atoms with E-state index in [9.17, 15) is 8.42 Å². The molecule has 0 aliphatic carbocycles. The van der Waals surface area contributed by atoms with Gasteiger partial charge >= 0.3 is 0 Å². The van der Waals surface area contributed by atoms with Gasteiger partial charge in [0, 0.05) is 0 Å². The molecule has 0 saturated heterocycles. The minimum atomic E-state index is -3.82. The van der Waals surface area contributed by atoms with Crippen LogP contribution in [0.4, 0.5) is 5.69 Å². The van der Waals surface area contributed by atoms with E-state index in [0.717, 1.165) is 11.1 Å². The summed E-state index contributed by atoms with van der Waals surface area (Å²) < 4.78 is 27.3. The maximum absolute atomic E-state index is 12.4. The van der Waals surface area contributed by atoms with Crippen molar-refractivity contribution in [2.45, 2.75) is 18.7 Å². The number of aryl methyl sites for hydroxylation is 2. The Hall–Kier alpha value is -1.23. The van der Waals surface area contributed by atoms with Gasteiger partial charge in [-0.1, -0.05) is 47.0 Å². The highest BCUT2D eigenvalue weighted by atomic mass is 35.5. The SMILES string of the molecule is Cc1ccc(NS(=O)(=O)c2c(Cl)cccc2Cl)c(C)c1. The number of hydrogen-bond acceptors (Lipinski definition) is 2. The van der Waals surface area contributed by atoms with Gasteiger partial charge in [-0.05, 0) is 37.6 Å². The normalized spacial score (nSPS) is 11.4. The van der Waals surface area contributed by atoms with Crippen LogP contribution < -0.4 is 4.72 Å². The van der Waals surface area contributed by atoms with Crippen molar-refractivity contribution in [2.75, 3.05) is 4.72 Å². The van der Waals surface area contributed by atoms with Gasteiger partial charge in [0.05, 0.1) is 15.7 Å². The molecule has 0 aliphatic heterocycles. The molecular weight excluding hydrogens is 317 g/mol. The minimum absolute atomic E-state index is 0.0924. The Balaban J connectivity index is 2.46. The van der Waals surface area contributed by atoms with E-state index in [-0.39, 0.29) is 14.9 Å². The molecule has 1 N–H and O–H groups in total. The molecule has 0 amide bonds. The van der Waals surface area contributed by atoms with Crippen LogP contribution in [0.2, 0.25) is 10.0 Å². The van der Waals surface area contributed by atoms with Crippen molar-refractivity contribution >= 4 is 38.9 Å². The fourth-order valence-electron chi connectivity index (χ4n) is 1.86. The lowest BCUT2D eigenvalue weighted by atomic mass is 10.1. The highest BCUT2D eigenvalue weighted by Gasteiger charge is 2.22. The predicted octanol–water partition coefficient (Wildman–Crippen LogP) is 4.41. The van der Waals surface area contributed by atoms with Gasteiger partial charge in [0.25, 0.3) is 10.0 Å². The van der Waals surface area contributed by atoms with Gasteiger partial charge in [0.15, 0.2) is 0 Å². The average Bonchev–Trinajstić information content (AvgIpc) is 2.32. The molecule has 6 heteroatoms.